The molecule has 0 amide bonds. The van der Waals surface area contributed by atoms with Crippen molar-refractivity contribution in [3.05, 3.63) is 91.0 Å². The van der Waals surface area contributed by atoms with Crippen LogP contribution >= 0.6 is 0 Å². The zero-order valence-electron chi connectivity index (χ0n) is 27.7. The highest BCUT2D eigenvalue weighted by Gasteiger charge is 2.32. The summed E-state index contributed by atoms with van der Waals surface area (Å²) in [6, 6.07) is 0. The van der Waals surface area contributed by atoms with E-state index in [0.717, 1.165) is 108 Å². The van der Waals surface area contributed by atoms with Crippen LogP contribution in [0.3, 0.4) is 0 Å². The molecule has 2 N–H and O–H groups in total. The molecule has 5 heteroatoms. The Labute approximate surface area is 258 Å². The number of aromatic amines is 1. The Morgan fingerprint density at radius 1 is 0.605 bits per heavy atom. The monoisotopic (exact) mass is 576 g/mol. The fourth-order valence-electron chi connectivity index (χ4n) is 7.55. The first-order chi connectivity index (χ1) is 20.8. The molecule has 8 bridgehead atoms. The van der Waals surface area contributed by atoms with Crippen molar-refractivity contribution in [1.82, 2.24) is 4.98 Å². The molecule has 5 nitrogen and oxygen atoms in total. The third kappa shape index (κ3) is 4.81. The van der Waals surface area contributed by atoms with Crippen LogP contribution in [0.5, 0.6) is 0 Å². The molecule has 5 heterocycles. The van der Waals surface area contributed by atoms with Gasteiger partial charge in [0.1, 0.15) is 0 Å². The molecule has 0 fully saturated rings. The van der Waals surface area contributed by atoms with Gasteiger partial charge in [0.25, 0.3) is 0 Å². The van der Waals surface area contributed by atoms with Crippen LogP contribution < -0.4 is 0 Å². The molecule has 0 spiro atoms. The molecule has 1 aromatic rings. The Morgan fingerprint density at radius 2 is 1.14 bits per heavy atom. The quantitative estimate of drug-likeness (QED) is 0.297. The summed E-state index contributed by atoms with van der Waals surface area (Å²) in [5.74, 6) is 0. The number of nitrogens with zero attached hydrogens (tertiary/aromatic N) is 3. The van der Waals surface area contributed by atoms with E-state index in [1.807, 2.05) is 0 Å². The maximum Gasteiger partial charge on any atom is 0.0907 e. The summed E-state index contributed by atoms with van der Waals surface area (Å²) in [5, 5.41) is 10.8. The van der Waals surface area contributed by atoms with Crippen LogP contribution in [0.4, 0.5) is 0 Å². The number of hydrogen-bond donors (Lipinski definition) is 2. The number of rotatable bonds is 8. The molecule has 4 aliphatic rings. The van der Waals surface area contributed by atoms with Crippen LogP contribution in [0, 0.1) is 0 Å². The van der Waals surface area contributed by atoms with Gasteiger partial charge in [0.15, 0.2) is 0 Å². The van der Waals surface area contributed by atoms with Gasteiger partial charge in [-0.05, 0) is 115 Å². The number of H-pyrrole nitrogens is 1. The fraction of sp³-hybridized carbons (Fsp3) is 0.447. The van der Waals surface area contributed by atoms with E-state index >= 15 is 0 Å². The number of aromatic nitrogens is 1. The molecular weight excluding hydrogens is 528 g/mol. The maximum atomic E-state index is 10.8. The normalized spacial score (nSPS) is 19.6. The average molecular weight is 577 g/mol. The first-order valence-electron chi connectivity index (χ1n) is 16.5. The maximum absolute atomic E-state index is 10.8. The summed E-state index contributed by atoms with van der Waals surface area (Å²) >= 11 is 0. The second kappa shape index (κ2) is 12.5. The summed E-state index contributed by atoms with van der Waals surface area (Å²) in [6.07, 6.45) is 12.8. The van der Waals surface area contributed by atoms with Gasteiger partial charge in [0.2, 0.25) is 0 Å². The van der Waals surface area contributed by atoms with Crippen LogP contribution in [-0.2, 0) is 12.8 Å². The average Bonchev–Trinajstić information content (AvgIpc) is 3.76. The minimum Gasteiger partial charge on any atom is -0.515 e. The highest BCUT2D eigenvalue weighted by atomic mass is 16.2. The first kappa shape index (κ1) is 30.7. The molecule has 5 rings (SSSR count). The van der Waals surface area contributed by atoms with Crippen molar-refractivity contribution in [2.24, 2.45) is 15.0 Å². The third-order valence-corrected chi connectivity index (χ3v) is 9.57. The second-order valence-corrected chi connectivity index (χ2v) is 11.6. The highest BCUT2D eigenvalue weighted by Crippen LogP contribution is 2.42. The molecule has 0 unspecified atom stereocenters. The van der Waals surface area contributed by atoms with E-state index in [9.17, 15) is 5.11 Å². The zero-order chi connectivity index (χ0) is 31.0. The van der Waals surface area contributed by atoms with Crippen molar-refractivity contribution in [2.45, 2.75) is 114 Å². The Morgan fingerprint density at radius 3 is 1.67 bits per heavy atom. The molecule has 0 saturated carbocycles. The van der Waals surface area contributed by atoms with Crippen LogP contribution in [0.15, 0.2) is 83.4 Å². The summed E-state index contributed by atoms with van der Waals surface area (Å²) in [5.41, 5.74) is 20.2. The Hall–Kier alpha value is -3.73. The molecular formula is C38H48N4O. The summed E-state index contributed by atoms with van der Waals surface area (Å²) in [4.78, 5) is 19.7. The number of aliphatic hydroxyl groups is 1. The number of aliphatic hydroxyl groups excluding tert-OH is 1. The largest absolute Gasteiger partial charge is 0.515 e. The zero-order valence-corrected chi connectivity index (χ0v) is 27.7. The van der Waals surface area contributed by atoms with Crippen LogP contribution in [0.1, 0.15) is 123 Å². The standard InChI is InChI=1S/C38H48N4O/c1-10-22-26(14-5)35-21(9)36-27(15-6)23(11-2)32(40-36)19-34-25(13-4)29(17-8)38(42-34)30(20-43)37-28(16-7)24(12-3)33(41-37)18-31(22)39-35/h18-20,41,43H,10-17H2,1-9H3. The van der Waals surface area contributed by atoms with E-state index in [4.69, 9.17) is 15.0 Å². The van der Waals surface area contributed by atoms with Gasteiger partial charge in [-0.2, -0.15) is 0 Å². The Balaban J connectivity index is 1.94. The number of fused-ring (bicyclic) bond motifs is 5. The van der Waals surface area contributed by atoms with Crippen LogP contribution in [0.2, 0.25) is 0 Å². The van der Waals surface area contributed by atoms with Crippen LogP contribution in [-0.4, -0.2) is 27.2 Å². The SMILES string of the molecule is CCC1=C(CC)C2=NC1=CC1=NC(=C(C)C3=NC(=Cc4[nH]c(c(CC)c4CC)C2=CO)C(CC)=C3CC)C(CC)=C1CC. The lowest BCUT2D eigenvalue weighted by molar-refractivity contribution is 0.476. The predicted octanol–water partition coefficient (Wildman–Crippen LogP) is 10.3. The third-order valence-electron chi connectivity index (χ3n) is 9.57. The van der Waals surface area contributed by atoms with Gasteiger partial charge in [0.05, 0.1) is 51.8 Å². The lowest BCUT2D eigenvalue weighted by Crippen LogP contribution is -2.07. The van der Waals surface area contributed by atoms with Gasteiger partial charge in [-0.25, -0.2) is 15.0 Å². The van der Waals surface area contributed by atoms with Crippen LogP contribution in [0.25, 0.3) is 11.6 Å². The number of hydrogen-bond acceptors (Lipinski definition) is 4. The number of allylic oxidation sites excluding steroid dienone is 9. The highest BCUT2D eigenvalue weighted by molar-refractivity contribution is 6.33. The minimum atomic E-state index is 0.760. The molecule has 0 radical (unpaired) electrons. The number of nitrogens with one attached hydrogen (secondary N) is 1. The van der Waals surface area contributed by atoms with E-state index in [1.54, 1.807) is 0 Å². The topological polar surface area (TPSA) is 73.1 Å². The van der Waals surface area contributed by atoms with E-state index in [0.29, 0.717) is 0 Å². The van der Waals surface area contributed by atoms with Gasteiger partial charge in [-0.3, -0.25) is 0 Å². The van der Waals surface area contributed by atoms with E-state index < -0.39 is 0 Å². The molecule has 4 aliphatic heterocycles. The van der Waals surface area contributed by atoms with Gasteiger partial charge < -0.3 is 10.1 Å². The van der Waals surface area contributed by atoms with Crippen molar-refractivity contribution in [2.75, 3.05) is 0 Å². The Bertz CT molecular complexity index is 1680. The molecule has 0 aromatic carbocycles. The molecule has 0 atom stereocenters. The number of aliphatic imine (C=N–C) groups is 3. The van der Waals surface area contributed by atoms with Crippen molar-refractivity contribution in [3.8, 4) is 0 Å². The molecule has 0 saturated heterocycles. The van der Waals surface area contributed by atoms with E-state index in [1.165, 1.54) is 50.8 Å². The summed E-state index contributed by atoms with van der Waals surface area (Å²) in [6.45, 7) is 19.9. The summed E-state index contributed by atoms with van der Waals surface area (Å²) in [7, 11) is 0. The lowest BCUT2D eigenvalue weighted by atomic mass is 9.91. The van der Waals surface area contributed by atoms with Gasteiger partial charge >= 0.3 is 0 Å². The smallest absolute Gasteiger partial charge is 0.0907 e. The molecule has 1 aromatic heterocycles. The van der Waals surface area contributed by atoms with Crippen molar-refractivity contribution in [1.29, 1.82) is 0 Å². The molecule has 226 valence electrons. The van der Waals surface area contributed by atoms with E-state index in [2.05, 4.69) is 79.4 Å². The van der Waals surface area contributed by atoms with Gasteiger partial charge in [-0.1, -0.05) is 55.4 Å². The lowest BCUT2D eigenvalue weighted by Gasteiger charge is -2.11. The second-order valence-electron chi connectivity index (χ2n) is 11.6. The predicted molar refractivity (Wildman–Crippen MR) is 184 cm³/mol. The molecule has 0 aliphatic carbocycles. The fourth-order valence-corrected chi connectivity index (χ4v) is 7.55. The van der Waals surface area contributed by atoms with Crippen molar-refractivity contribution >= 4 is 28.8 Å². The van der Waals surface area contributed by atoms with E-state index in [-0.39, 0.29) is 0 Å². The van der Waals surface area contributed by atoms with Crippen molar-refractivity contribution in [3.63, 3.8) is 0 Å². The minimum absolute atomic E-state index is 0.760. The van der Waals surface area contributed by atoms with Crippen molar-refractivity contribution < 1.29 is 5.11 Å². The van der Waals surface area contributed by atoms with Gasteiger partial charge in [-0.15, -0.1) is 0 Å². The first-order valence-corrected chi connectivity index (χ1v) is 16.5. The van der Waals surface area contributed by atoms with Gasteiger partial charge in [0, 0.05) is 11.3 Å². The summed E-state index contributed by atoms with van der Waals surface area (Å²) < 4.78 is 0. The Kier molecular flexibility index (Phi) is 8.91. The molecule has 43 heavy (non-hydrogen) atoms.